The van der Waals surface area contributed by atoms with Crippen molar-refractivity contribution in [2.75, 3.05) is 20.3 Å². The normalized spacial score (nSPS) is 32.4. The molecule has 3 atom stereocenters. The molecule has 3 unspecified atom stereocenters. The first-order valence-corrected chi connectivity index (χ1v) is 5.34. The summed E-state index contributed by atoms with van der Waals surface area (Å²) < 4.78 is 10.1. The van der Waals surface area contributed by atoms with Crippen molar-refractivity contribution in [2.24, 2.45) is 0 Å². The quantitative estimate of drug-likeness (QED) is 0.505. The number of nitrogens with zero attached hydrogens (tertiary/aromatic N) is 1. The van der Waals surface area contributed by atoms with E-state index in [9.17, 15) is 4.79 Å². The Labute approximate surface area is 89.8 Å². The fraction of sp³-hybridized carbons (Fsp3) is 0.727. The van der Waals surface area contributed by atoms with Gasteiger partial charge in [-0.1, -0.05) is 6.08 Å². The lowest BCUT2D eigenvalue weighted by molar-refractivity contribution is -0.134. The molecule has 0 spiro atoms. The van der Waals surface area contributed by atoms with E-state index < -0.39 is 0 Å². The van der Waals surface area contributed by atoms with Crippen LogP contribution < -0.4 is 0 Å². The van der Waals surface area contributed by atoms with Gasteiger partial charge in [0.1, 0.15) is 0 Å². The molecule has 2 saturated heterocycles. The van der Waals surface area contributed by atoms with Gasteiger partial charge in [-0.15, -0.1) is 0 Å². The van der Waals surface area contributed by atoms with Gasteiger partial charge in [0, 0.05) is 24.7 Å². The molecule has 2 heterocycles. The number of morpholine rings is 1. The Hall–Kier alpha value is -0.870. The second-order valence-electron chi connectivity index (χ2n) is 4.16. The monoisotopic (exact) mass is 211 g/mol. The van der Waals surface area contributed by atoms with Gasteiger partial charge in [-0.3, -0.25) is 4.90 Å². The van der Waals surface area contributed by atoms with Crippen LogP contribution in [0.25, 0.3) is 0 Å². The summed E-state index contributed by atoms with van der Waals surface area (Å²) in [6.45, 7) is 3.92. The molecule has 4 nitrogen and oxygen atoms in total. The number of fused-ring (bicyclic) bond motifs is 2. The molecule has 2 aliphatic rings. The second-order valence-corrected chi connectivity index (χ2v) is 4.16. The first kappa shape index (κ1) is 10.6. The molecular formula is C11H17NO3. The Morgan fingerprint density at radius 2 is 2.47 bits per heavy atom. The summed E-state index contributed by atoms with van der Waals surface area (Å²) in [5, 5.41) is 0. The van der Waals surface area contributed by atoms with Crippen molar-refractivity contribution in [3.05, 3.63) is 12.2 Å². The van der Waals surface area contributed by atoms with E-state index in [0.29, 0.717) is 12.1 Å². The predicted molar refractivity (Wildman–Crippen MR) is 55.5 cm³/mol. The maximum Gasteiger partial charge on any atom is 0.330 e. The number of ether oxygens (including phenoxy) is 2. The summed E-state index contributed by atoms with van der Waals surface area (Å²) in [6, 6.07) is 0.815. The number of carbonyl (C=O) groups is 1. The lowest BCUT2D eigenvalue weighted by atomic mass is 10.2. The molecule has 2 fully saturated rings. The number of likely N-dealkylation sites (tertiary alicyclic amines) is 1. The summed E-state index contributed by atoms with van der Waals surface area (Å²) >= 11 is 0. The van der Waals surface area contributed by atoms with Gasteiger partial charge in [-0.2, -0.15) is 0 Å². The minimum atomic E-state index is -0.289. The van der Waals surface area contributed by atoms with Gasteiger partial charge in [-0.25, -0.2) is 4.79 Å². The standard InChI is InChI=1S/C11H17NO3/c1-8(3-4-11(13)14-2)12-6-10-5-9(12)7-15-10/h3-4,8-10H,5-7H2,1-2H3/b4-3+. The van der Waals surface area contributed by atoms with E-state index in [1.54, 1.807) is 0 Å². The van der Waals surface area contributed by atoms with Crippen molar-refractivity contribution in [1.29, 1.82) is 0 Å². The van der Waals surface area contributed by atoms with Crippen LogP contribution in [0.1, 0.15) is 13.3 Å². The molecule has 0 radical (unpaired) electrons. The van der Waals surface area contributed by atoms with Gasteiger partial charge >= 0.3 is 5.97 Å². The molecule has 0 N–H and O–H groups in total. The zero-order chi connectivity index (χ0) is 10.8. The molecule has 0 saturated carbocycles. The molecule has 15 heavy (non-hydrogen) atoms. The molecule has 0 aliphatic carbocycles. The molecule has 2 rings (SSSR count). The molecule has 0 amide bonds. The van der Waals surface area contributed by atoms with E-state index >= 15 is 0 Å². The largest absolute Gasteiger partial charge is 0.466 e. The predicted octanol–water partition coefficient (Wildman–Crippen LogP) is 0.577. The highest BCUT2D eigenvalue weighted by Crippen LogP contribution is 2.29. The fourth-order valence-corrected chi connectivity index (χ4v) is 2.32. The van der Waals surface area contributed by atoms with Gasteiger partial charge in [0.2, 0.25) is 0 Å². The van der Waals surface area contributed by atoms with Gasteiger partial charge < -0.3 is 9.47 Å². The van der Waals surface area contributed by atoms with Crippen molar-refractivity contribution in [3.63, 3.8) is 0 Å². The smallest absolute Gasteiger partial charge is 0.330 e. The second kappa shape index (κ2) is 4.33. The minimum absolute atomic E-state index is 0.281. The highest BCUT2D eigenvalue weighted by atomic mass is 16.5. The third-order valence-electron chi connectivity index (χ3n) is 3.18. The number of rotatable bonds is 3. The van der Waals surface area contributed by atoms with Crippen LogP contribution in [0.5, 0.6) is 0 Å². The highest BCUT2D eigenvalue weighted by Gasteiger charge is 2.40. The van der Waals surface area contributed by atoms with Gasteiger partial charge in [0.25, 0.3) is 0 Å². The molecule has 4 heteroatoms. The van der Waals surface area contributed by atoms with E-state index in [-0.39, 0.29) is 12.0 Å². The first-order chi connectivity index (χ1) is 7.20. The zero-order valence-electron chi connectivity index (χ0n) is 9.18. The molecule has 0 aromatic heterocycles. The minimum Gasteiger partial charge on any atom is -0.466 e. The maximum absolute atomic E-state index is 10.9. The van der Waals surface area contributed by atoms with Gasteiger partial charge in [0.15, 0.2) is 0 Å². The number of hydrogen-bond acceptors (Lipinski definition) is 4. The summed E-state index contributed by atoms with van der Waals surface area (Å²) in [5.74, 6) is -0.289. The van der Waals surface area contributed by atoms with Gasteiger partial charge in [0.05, 0.1) is 19.8 Å². The van der Waals surface area contributed by atoms with Gasteiger partial charge in [-0.05, 0) is 13.3 Å². The third kappa shape index (κ3) is 2.21. The van der Waals surface area contributed by atoms with Crippen LogP contribution in [0.2, 0.25) is 0 Å². The fourth-order valence-electron chi connectivity index (χ4n) is 2.32. The Kier molecular flexibility index (Phi) is 3.07. The number of carbonyl (C=O) groups excluding carboxylic acids is 1. The lowest BCUT2D eigenvalue weighted by Gasteiger charge is -2.30. The lowest BCUT2D eigenvalue weighted by Crippen LogP contribution is -2.42. The Balaban J connectivity index is 1.89. The molecule has 0 aromatic rings. The summed E-state index contributed by atoms with van der Waals surface area (Å²) in [5.41, 5.74) is 0. The maximum atomic E-state index is 10.9. The molecule has 2 bridgehead atoms. The first-order valence-electron chi connectivity index (χ1n) is 5.34. The van der Waals surface area contributed by atoms with Crippen LogP contribution in [-0.4, -0.2) is 49.3 Å². The summed E-state index contributed by atoms with van der Waals surface area (Å²) in [4.78, 5) is 13.3. The average molecular weight is 211 g/mol. The Morgan fingerprint density at radius 3 is 3.00 bits per heavy atom. The third-order valence-corrected chi connectivity index (χ3v) is 3.18. The van der Waals surface area contributed by atoms with E-state index in [1.165, 1.54) is 13.2 Å². The van der Waals surface area contributed by atoms with Crippen molar-refractivity contribution in [3.8, 4) is 0 Å². The van der Waals surface area contributed by atoms with Crippen molar-refractivity contribution in [2.45, 2.75) is 31.5 Å². The van der Waals surface area contributed by atoms with Crippen LogP contribution in [0, 0.1) is 0 Å². The average Bonchev–Trinajstić information content (AvgIpc) is 2.86. The number of esters is 1. The molecular weight excluding hydrogens is 194 g/mol. The zero-order valence-corrected chi connectivity index (χ0v) is 9.18. The van der Waals surface area contributed by atoms with E-state index in [0.717, 1.165) is 19.6 Å². The van der Waals surface area contributed by atoms with E-state index in [4.69, 9.17) is 4.74 Å². The molecule has 2 aliphatic heterocycles. The van der Waals surface area contributed by atoms with E-state index in [2.05, 4.69) is 16.6 Å². The van der Waals surface area contributed by atoms with Crippen LogP contribution in [0.3, 0.4) is 0 Å². The number of hydrogen-bond donors (Lipinski definition) is 0. The topological polar surface area (TPSA) is 38.8 Å². The molecule has 0 aromatic carbocycles. The van der Waals surface area contributed by atoms with Crippen LogP contribution in [0.15, 0.2) is 12.2 Å². The highest BCUT2D eigenvalue weighted by molar-refractivity contribution is 5.81. The Morgan fingerprint density at radius 1 is 1.67 bits per heavy atom. The van der Waals surface area contributed by atoms with Crippen molar-refractivity contribution in [1.82, 2.24) is 4.90 Å². The van der Waals surface area contributed by atoms with E-state index in [1.807, 2.05) is 6.08 Å². The Bertz CT molecular complexity index is 277. The SMILES string of the molecule is COC(=O)/C=C/C(C)N1CC2CC1CO2. The van der Waals surface area contributed by atoms with Crippen LogP contribution in [-0.2, 0) is 14.3 Å². The summed E-state index contributed by atoms with van der Waals surface area (Å²) in [6.07, 6.45) is 4.93. The van der Waals surface area contributed by atoms with Crippen LogP contribution >= 0.6 is 0 Å². The molecule has 84 valence electrons. The van der Waals surface area contributed by atoms with Crippen molar-refractivity contribution >= 4 is 5.97 Å². The summed E-state index contributed by atoms with van der Waals surface area (Å²) in [7, 11) is 1.39. The van der Waals surface area contributed by atoms with Crippen molar-refractivity contribution < 1.29 is 14.3 Å². The number of methoxy groups -OCH3 is 1. The van der Waals surface area contributed by atoms with Crippen LogP contribution in [0.4, 0.5) is 0 Å².